The number of phenolic OH excluding ortho intramolecular Hbond substituents is 1. The summed E-state index contributed by atoms with van der Waals surface area (Å²) in [5, 5.41) is 26.5. The molecule has 1 aromatic rings. The fourth-order valence-electron chi connectivity index (χ4n) is 1.07. The maximum atomic E-state index is 10.6. The average molecular weight is 182 g/mol. The molecule has 70 valence electrons. The van der Waals surface area contributed by atoms with Crippen LogP contribution >= 0.6 is 0 Å². The van der Waals surface area contributed by atoms with Crippen molar-refractivity contribution in [3.8, 4) is 5.75 Å². The molecular weight excluding hydrogens is 172 g/mol. The second-order valence-corrected chi connectivity index (χ2v) is 2.67. The zero-order valence-electron chi connectivity index (χ0n) is 6.84. The third-order valence-electron chi connectivity index (χ3n) is 1.75. The van der Waals surface area contributed by atoms with Gasteiger partial charge in [0.05, 0.1) is 6.61 Å². The zero-order chi connectivity index (χ0) is 9.84. The van der Waals surface area contributed by atoms with Gasteiger partial charge in [-0.3, -0.25) is 4.79 Å². The normalized spacial score (nSPS) is 12.4. The number of rotatable bonds is 3. The van der Waals surface area contributed by atoms with Crippen LogP contribution in [0.1, 0.15) is 11.5 Å². The van der Waals surface area contributed by atoms with Gasteiger partial charge in [-0.15, -0.1) is 0 Å². The van der Waals surface area contributed by atoms with Crippen LogP contribution in [0.5, 0.6) is 5.75 Å². The number of hydrogen-bond donors (Lipinski definition) is 3. The molecular formula is C9H10O4. The van der Waals surface area contributed by atoms with E-state index in [-0.39, 0.29) is 5.75 Å². The van der Waals surface area contributed by atoms with Crippen molar-refractivity contribution in [1.82, 2.24) is 0 Å². The van der Waals surface area contributed by atoms with Crippen LogP contribution in [0.3, 0.4) is 0 Å². The number of phenols is 1. The summed E-state index contributed by atoms with van der Waals surface area (Å²) in [5.74, 6) is -2.07. The van der Waals surface area contributed by atoms with Gasteiger partial charge in [-0.25, -0.2) is 0 Å². The van der Waals surface area contributed by atoms with Crippen molar-refractivity contribution in [3.05, 3.63) is 29.8 Å². The molecule has 0 saturated heterocycles. The molecule has 0 radical (unpaired) electrons. The Morgan fingerprint density at radius 2 is 2.15 bits per heavy atom. The number of aromatic hydroxyl groups is 1. The first-order chi connectivity index (χ1) is 6.15. The van der Waals surface area contributed by atoms with Crippen molar-refractivity contribution in [3.63, 3.8) is 0 Å². The summed E-state index contributed by atoms with van der Waals surface area (Å²) in [5.41, 5.74) is 0.398. The predicted molar refractivity (Wildman–Crippen MR) is 45.6 cm³/mol. The molecule has 4 nitrogen and oxygen atoms in total. The number of benzene rings is 1. The monoisotopic (exact) mass is 182 g/mol. The van der Waals surface area contributed by atoms with E-state index in [0.717, 1.165) is 0 Å². The fourth-order valence-corrected chi connectivity index (χ4v) is 1.07. The summed E-state index contributed by atoms with van der Waals surface area (Å²) in [6.45, 7) is -0.473. The van der Waals surface area contributed by atoms with Crippen LogP contribution in [-0.2, 0) is 4.79 Å². The minimum Gasteiger partial charge on any atom is -0.508 e. The average Bonchev–Trinajstić information content (AvgIpc) is 2.04. The molecule has 0 fully saturated rings. The number of hydrogen-bond acceptors (Lipinski definition) is 3. The first-order valence-corrected chi connectivity index (χ1v) is 3.77. The van der Waals surface area contributed by atoms with E-state index in [1.165, 1.54) is 18.2 Å². The Morgan fingerprint density at radius 3 is 2.62 bits per heavy atom. The molecule has 0 amide bonds. The van der Waals surface area contributed by atoms with Gasteiger partial charge in [-0.05, 0) is 17.7 Å². The Kier molecular flexibility index (Phi) is 2.87. The van der Waals surface area contributed by atoms with Crippen molar-refractivity contribution in [1.29, 1.82) is 0 Å². The SMILES string of the molecule is O=C(O)C(CO)c1cccc(O)c1. The van der Waals surface area contributed by atoms with Gasteiger partial charge in [-0.2, -0.15) is 0 Å². The summed E-state index contributed by atoms with van der Waals surface area (Å²) in [6, 6.07) is 5.86. The van der Waals surface area contributed by atoms with Crippen LogP contribution in [0.2, 0.25) is 0 Å². The number of carboxylic acid groups (broad SMARTS) is 1. The van der Waals surface area contributed by atoms with Gasteiger partial charge in [-0.1, -0.05) is 12.1 Å². The third-order valence-corrected chi connectivity index (χ3v) is 1.75. The number of aliphatic carboxylic acids is 1. The highest BCUT2D eigenvalue weighted by Gasteiger charge is 2.18. The lowest BCUT2D eigenvalue weighted by Crippen LogP contribution is -2.15. The third kappa shape index (κ3) is 2.19. The molecule has 0 aliphatic carbocycles. The van der Waals surface area contributed by atoms with Crippen LogP contribution in [0, 0.1) is 0 Å². The number of aliphatic hydroxyl groups is 1. The first kappa shape index (κ1) is 9.54. The molecule has 1 aromatic carbocycles. The highest BCUT2D eigenvalue weighted by atomic mass is 16.4. The Hall–Kier alpha value is -1.55. The summed E-state index contributed by atoms with van der Waals surface area (Å²) >= 11 is 0. The van der Waals surface area contributed by atoms with E-state index in [0.29, 0.717) is 5.56 Å². The Balaban J connectivity index is 2.98. The van der Waals surface area contributed by atoms with Gasteiger partial charge < -0.3 is 15.3 Å². The number of aliphatic hydroxyl groups excluding tert-OH is 1. The lowest BCUT2D eigenvalue weighted by atomic mass is 10.0. The van der Waals surface area contributed by atoms with Gasteiger partial charge in [0.15, 0.2) is 0 Å². The predicted octanol–water partition coefficient (Wildman–Crippen LogP) is 0.553. The van der Waals surface area contributed by atoms with Crippen LogP contribution in [0.4, 0.5) is 0 Å². The minimum atomic E-state index is -1.10. The Morgan fingerprint density at radius 1 is 1.46 bits per heavy atom. The van der Waals surface area contributed by atoms with Gasteiger partial charge >= 0.3 is 5.97 Å². The summed E-state index contributed by atoms with van der Waals surface area (Å²) in [6.07, 6.45) is 0. The lowest BCUT2D eigenvalue weighted by Gasteiger charge is -2.08. The zero-order valence-corrected chi connectivity index (χ0v) is 6.84. The molecule has 0 aromatic heterocycles. The Labute approximate surface area is 75.1 Å². The molecule has 1 atom stereocenters. The van der Waals surface area contributed by atoms with Gasteiger partial charge in [0.2, 0.25) is 0 Å². The molecule has 0 saturated carbocycles. The van der Waals surface area contributed by atoms with E-state index in [1.807, 2.05) is 0 Å². The second kappa shape index (κ2) is 3.91. The highest BCUT2D eigenvalue weighted by molar-refractivity contribution is 5.76. The van der Waals surface area contributed by atoms with Crippen molar-refractivity contribution >= 4 is 5.97 Å². The van der Waals surface area contributed by atoms with E-state index in [9.17, 15) is 4.79 Å². The van der Waals surface area contributed by atoms with E-state index >= 15 is 0 Å². The van der Waals surface area contributed by atoms with Crippen LogP contribution in [0.15, 0.2) is 24.3 Å². The lowest BCUT2D eigenvalue weighted by molar-refractivity contribution is -0.139. The molecule has 0 heterocycles. The summed E-state index contributed by atoms with van der Waals surface area (Å²) in [7, 11) is 0. The fraction of sp³-hybridized carbons (Fsp3) is 0.222. The van der Waals surface area contributed by atoms with Crippen LogP contribution < -0.4 is 0 Å². The smallest absolute Gasteiger partial charge is 0.313 e. The van der Waals surface area contributed by atoms with Crippen LogP contribution in [0.25, 0.3) is 0 Å². The maximum Gasteiger partial charge on any atom is 0.313 e. The summed E-state index contributed by atoms with van der Waals surface area (Å²) < 4.78 is 0. The van der Waals surface area contributed by atoms with Crippen LogP contribution in [-0.4, -0.2) is 27.9 Å². The molecule has 0 bridgehead atoms. The largest absolute Gasteiger partial charge is 0.508 e. The minimum absolute atomic E-state index is 0.00259. The van der Waals surface area contributed by atoms with Crippen molar-refractivity contribution in [2.75, 3.05) is 6.61 Å². The molecule has 0 aliphatic heterocycles. The molecule has 0 aliphatic rings. The topological polar surface area (TPSA) is 77.8 Å². The van der Waals surface area contributed by atoms with Crippen molar-refractivity contribution in [2.24, 2.45) is 0 Å². The molecule has 1 unspecified atom stereocenters. The van der Waals surface area contributed by atoms with E-state index < -0.39 is 18.5 Å². The molecule has 13 heavy (non-hydrogen) atoms. The van der Waals surface area contributed by atoms with Gasteiger partial charge in [0, 0.05) is 0 Å². The number of carbonyl (C=O) groups is 1. The van der Waals surface area contributed by atoms with E-state index in [2.05, 4.69) is 0 Å². The van der Waals surface area contributed by atoms with Crippen molar-refractivity contribution in [2.45, 2.75) is 5.92 Å². The molecule has 0 spiro atoms. The first-order valence-electron chi connectivity index (χ1n) is 3.77. The molecule has 3 N–H and O–H groups in total. The molecule has 1 rings (SSSR count). The van der Waals surface area contributed by atoms with Gasteiger partial charge in [0.25, 0.3) is 0 Å². The standard InChI is InChI=1S/C9H10O4/c10-5-8(9(12)13)6-2-1-3-7(11)4-6/h1-4,8,10-11H,5H2,(H,12,13). The Bertz CT molecular complexity index is 308. The molecule has 4 heteroatoms. The quantitative estimate of drug-likeness (QED) is 0.638. The second-order valence-electron chi connectivity index (χ2n) is 2.67. The number of carboxylic acids is 1. The highest BCUT2D eigenvalue weighted by Crippen LogP contribution is 2.19. The maximum absolute atomic E-state index is 10.6. The van der Waals surface area contributed by atoms with E-state index in [4.69, 9.17) is 15.3 Å². The summed E-state index contributed by atoms with van der Waals surface area (Å²) in [4.78, 5) is 10.6. The van der Waals surface area contributed by atoms with Crippen molar-refractivity contribution < 1.29 is 20.1 Å². The van der Waals surface area contributed by atoms with Gasteiger partial charge in [0.1, 0.15) is 11.7 Å². The van der Waals surface area contributed by atoms with E-state index in [1.54, 1.807) is 6.07 Å².